The van der Waals surface area contributed by atoms with Crippen molar-refractivity contribution in [2.24, 2.45) is 5.73 Å². The fourth-order valence-corrected chi connectivity index (χ4v) is 2.91. The van der Waals surface area contributed by atoms with E-state index in [1.807, 2.05) is 0 Å². The SMILES string of the molecule is Cc1cc(OCc2c(F)cccc2F)c2nc(C)c(C(=O)NCC(N)C=N)n2c1. The van der Waals surface area contributed by atoms with Crippen molar-refractivity contribution >= 4 is 17.8 Å². The number of fused-ring (bicyclic) bond motifs is 1. The number of nitrogens with one attached hydrogen (secondary N) is 2. The molecular weight excluding hydrogens is 380 g/mol. The molecule has 0 bridgehead atoms. The third-order valence-electron chi connectivity index (χ3n) is 4.36. The lowest BCUT2D eigenvalue weighted by Crippen LogP contribution is -2.38. The highest BCUT2D eigenvalue weighted by Gasteiger charge is 2.20. The Kier molecular flexibility index (Phi) is 5.88. The Hall–Kier alpha value is -3.33. The van der Waals surface area contributed by atoms with Crippen molar-refractivity contribution in [3.63, 3.8) is 0 Å². The molecule has 1 amide bonds. The van der Waals surface area contributed by atoms with Crippen molar-refractivity contribution < 1.29 is 18.3 Å². The van der Waals surface area contributed by atoms with Crippen molar-refractivity contribution in [3.8, 4) is 5.75 Å². The topological polar surface area (TPSA) is 106 Å². The quantitative estimate of drug-likeness (QED) is 0.529. The van der Waals surface area contributed by atoms with Crippen LogP contribution < -0.4 is 15.8 Å². The van der Waals surface area contributed by atoms with Crippen molar-refractivity contribution in [2.75, 3.05) is 6.54 Å². The van der Waals surface area contributed by atoms with E-state index < -0.39 is 23.6 Å². The van der Waals surface area contributed by atoms with Gasteiger partial charge in [-0.05, 0) is 37.6 Å². The van der Waals surface area contributed by atoms with Gasteiger partial charge in [0.25, 0.3) is 5.91 Å². The van der Waals surface area contributed by atoms with Crippen molar-refractivity contribution in [1.82, 2.24) is 14.7 Å². The molecule has 1 aromatic carbocycles. The second-order valence-corrected chi connectivity index (χ2v) is 6.65. The van der Waals surface area contributed by atoms with E-state index in [1.165, 1.54) is 6.07 Å². The van der Waals surface area contributed by atoms with Crippen LogP contribution in [0.15, 0.2) is 30.5 Å². The number of aromatic nitrogens is 2. The molecule has 0 fully saturated rings. The standard InChI is InChI=1S/C20H21F2N5O2/c1-11-6-17(29-10-14-15(21)4-3-5-16(14)22)19-26-12(2)18(27(19)9-11)20(28)25-8-13(24)7-23/h3-7,9,13,23H,8,10,24H2,1-2H3,(H,25,28). The lowest BCUT2D eigenvalue weighted by atomic mass is 10.2. The molecule has 0 aliphatic heterocycles. The van der Waals surface area contributed by atoms with Crippen molar-refractivity contribution in [1.29, 1.82) is 5.41 Å². The number of nitrogens with two attached hydrogens (primary N) is 1. The lowest BCUT2D eigenvalue weighted by molar-refractivity contribution is 0.0947. The molecule has 29 heavy (non-hydrogen) atoms. The minimum absolute atomic E-state index is 0.108. The smallest absolute Gasteiger partial charge is 0.270 e. The van der Waals surface area contributed by atoms with E-state index in [-0.39, 0.29) is 18.7 Å². The van der Waals surface area contributed by atoms with Crippen LogP contribution in [0.25, 0.3) is 5.65 Å². The van der Waals surface area contributed by atoms with Gasteiger partial charge < -0.3 is 21.2 Å². The number of hydrogen-bond donors (Lipinski definition) is 3. The minimum Gasteiger partial charge on any atom is -0.485 e. The van der Waals surface area contributed by atoms with E-state index in [0.29, 0.717) is 22.8 Å². The summed E-state index contributed by atoms with van der Waals surface area (Å²) in [4.78, 5) is 17.0. The fraction of sp³-hybridized carbons (Fsp3) is 0.250. The zero-order valence-corrected chi connectivity index (χ0v) is 16.0. The molecular formula is C20H21F2N5O2. The van der Waals surface area contributed by atoms with E-state index >= 15 is 0 Å². The molecule has 1 unspecified atom stereocenters. The van der Waals surface area contributed by atoms with E-state index in [4.69, 9.17) is 15.9 Å². The molecule has 3 rings (SSSR count). The molecule has 0 radical (unpaired) electrons. The summed E-state index contributed by atoms with van der Waals surface area (Å²) in [6, 6.07) is 4.71. The molecule has 2 aromatic heterocycles. The number of imidazole rings is 1. The Balaban J connectivity index is 1.94. The fourth-order valence-electron chi connectivity index (χ4n) is 2.91. The summed E-state index contributed by atoms with van der Waals surface area (Å²) in [5.74, 6) is -1.50. The van der Waals surface area contributed by atoms with E-state index in [0.717, 1.165) is 23.9 Å². The largest absolute Gasteiger partial charge is 0.485 e. The second-order valence-electron chi connectivity index (χ2n) is 6.65. The van der Waals surface area contributed by atoms with E-state index in [1.54, 1.807) is 30.5 Å². The maximum Gasteiger partial charge on any atom is 0.270 e. The van der Waals surface area contributed by atoms with E-state index in [9.17, 15) is 13.6 Å². The first-order valence-corrected chi connectivity index (χ1v) is 8.91. The Morgan fingerprint density at radius 2 is 2.07 bits per heavy atom. The lowest BCUT2D eigenvalue weighted by Gasteiger charge is -2.11. The molecule has 2 heterocycles. The number of amides is 1. The molecule has 0 aliphatic rings. The highest BCUT2D eigenvalue weighted by atomic mass is 19.1. The van der Waals surface area contributed by atoms with Gasteiger partial charge in [-0.3, -0.25) is 9.20 Å². The number of aryl methyl sites for hydroxylation is 2. The summed E-state index contributed by atoms with van der Waals surface area (Å²) in [5, 5.41) is 9.78. The summed E-state index contributed by atoms with van der Waals surface area (Å²) in [5.41, 5.74) is 7.32. The third-order valence-corrected chi connectivity index (χ3v) is 4.36. The average Bonchev–Trinajstić information content (AvgIpc) is 3.01. The monoisotopic (exact) mass is 401 g/mol. The van der Waals surface area contributed by atoms with Crippen LogP contribution in [-0.4, -0.2) is 34.1 Å². The summed E-state index contributed by atoms with van der Waals surface area (Å²) in [6.45, 7) is 3.27. The van der Waals surface area contributed by atoms with Gasteiger partial charge >= 0.3 is 0 Å². The predicted octanol–water partition coefficient (Wildman–Crippen LogP) is 2.52. The molecule has 0 spiro atoms. The molecule has 0 saturated heterocycles. The van der Waals surface area contributed by atoms with Gasteiger partial charge in [0.15, 0.2) is 11.4 Å². The summed E-state index contributed by atoms with van der Waals surface area (Å²) >= 11 is 0. The highest BCUT2D eigenvalue weighted by molar-refractivity contribution is 5.95. The van der Waals surface area contributed by atoms with Crippen LogP contribution in [0.5, 0.6) is 5.75 Å². The second kappa shape index (κ2) is 8.36. The zero-order valence-electron chi connectivity index (χ0n) is 16.0. The maximum atomic E-state index is 13.9. The number of halogens is 2. The van der Waals surface area contributed by atoms with Crippen LogP contribution in [0, 0.1) is 30.9 Å². The van der Waals surface area contributed by atoms with Gasteiger partial charge in [-0.25, -0.2) is 13.8 Å². The molecule has 1 atom stereocenters. The molecule has 3 aromatic rings. The number of ether oxygens (including phenoxy) is 1. The number of carbonyl (C=O) groups is 1. The van der Waals surface area contributed by atoms with Gasteiger partial charge in [-0.1, -0.05) is 6.07 Å². The van der Waals surface area contributed by atoms with Gasteiger partial charge in [0.1, 0.15) is 23.9 Å². The van der Waals surface area contributed by atoms with Crippen LogP contribution >= 0.6 is 0 Å². The molecule has 7 nitrogen and oxygen atoms in total. The zero-order chi connectivity index (χ0) is 21.1. The Morgan fingerprint density at radius 1 is 1.38 bits per heavy atom. The molecule has 152 valence electrons. The van der Waals surface area contributed by atoms with E-state index in [2.05, 4.69) is 10.3 Å². The summed E-state index contributed by atoms with van der Waals surface area (Å²) in [6.07, 6.45) is 2.76. The maximum absolute atomic E-state index is 13.9. The highest BCUT2D eigenvalue weighted by Crippen LogP contribution is 2.26. The van der Waals surface area contributed by atoms with Gasteiger partial charge in [0, 0.05) is 19.0 Å². The van der Waals surface area contributed by atoms with Crippen molar-refractivity contribution in [3.05, 3.63) is 64.6 Å². The molecule has 4 N–H and O–H groups in total. The third kappa shape index (κ3) is 4.24. The van der Waals surface area contributed by atoms with Crippen LogP contribution in [0.4, 0.5) is 8.78 Å². The number of benzene rings is 1. The van der Waals surface area contributed by atoms with Gasteiger partial charge in [0.05, 0.1) is 17.3 Å². The predicted molar refractivity (Wildman–Crippen MR) is 104 cm³/mol. The Labute approximate surface area is 166 Å². The normalized spacial score (nSPS) is 12.0. The van der Waals surface area contributed by atoms with Crippen molar-refractivity contribution in [2.45, 2.75) is 26.5 Å². The Bertz CT molecular complexity index is 1060. The average molecular weight is 401 g/mol. The molecule has 0 aliphatic carbocycles. The number of hydrogen-bond acceptors (Lipinski definition) is 5. The Morgan fingerprint density at radius 3 is 2.72 bits per heavy atom. The molecule has 9 heteroatoms. The van der Waals surface area contributed by atoms with Gasteiger partial charge in [0.2, 0.25) is 0 Å². The number of nitrogens with zero attached hydrogens (tertiary/aromatic N) is 2. The van der Waals surface area contributed by atoms with Crippen LogP contribution in [0.2, 0.25) is 0 Å². The minimum atomic E-state index is -0.698. The van der Waals surface area contributed by atoms with Crippen LogP contribution in [-0.2, 0) is 6.61 Å². The van der Waals surface area contributed by atoms with Crippen LogP contribution in [0.3, 0.4) is 0 Å². The van der Waals surface area contributed by atoms with Gasteiger partial charge in [-0.15, -0.1) is 0 Å². The summed E-state index contributed by atoms with van der Waals surface area (Å²) in [7, 11) is 0. The first-order valence-electron chi connectivity index (χ1n) is 8.91. The first kappa shape index (κ1) is 20.4. The van der Waals surface area contributed by atoms with Crippen LogP contribution in [0.1, 0.15) is 27.3 Å². The van der Waals surface area contributed by atoms with Gasteiger partial charge in [-0.2, -0.15) is 0 Å². The number of carbonyl (C=O) groups excluding carboxylic acids is 1. The first-order chi connectivity index (χ1) is 13.8. The molecule has 0 saturated carbocycles. The summed E-state index contributed by atoms with van der Waals surface area (Å²) < 4.78 is 35.0. The number of pyridine rings is 1. The number of rotatable bonds is 7.